The van der Waals surface area contributed by atoms with Crippen LogP contribution in [0.2, 0.25) is 0 Å². The van der Waals surface area contributed by atoms with Crippen molar-refractivity contribution in [3.8, 4) is 0 Å². The van der Waals surface area contributed by atoms with Gasteiger partial charge >= 0.3 is 0 Å². The second-order valence-corrected chi connectivity index (χ2v) is 8.05. The van der Waals surface area contributed by atoms with Crippen LogP contribution in [0.5, 0.6) is 0 Å². The molecule has 4 nitrogen and oxygen atoms in total. The Morgan fingerprint density at radius 2 is 1.64 bits per heavy atom. The molecule has 0 unspecified atom stereocenters. The van der Waals surface area contributed by atoms with E-state index in [1.165, 1.54) is 0 Å². The van der Waals surface area contributed by atoms with Gasteiger partial charge in [-0.1, -0.05) is 45.8 Å². The first-order valence-corrected chi connectivity index (χ1v) is 9.27. The van der Waals surface area contributed by atoms with Crippen LogP contribution in [0, 0.1) is 6.92 Å². The van der Waals surface area contributed by atoms with Gasteiger partial charge in [0.15, 0.2) is 9.84 Å². The normalized spacial score (nSPS) is 11.2. The van der Waals surface area contributed by atoms with Crippen molar-refractivity contribution in [3.05, 3.63) is 64.1 Å². The summed E-state index contributed by atoms with van der Waals surface area (Å²) in [6, 6.07) is 14.2. The highest BCUT2D eigenvalue weighted by molar-refractivity contribution is 9.10. The van der Waals surface area contributed by atoms with Gasteiger partial charge in [-0.15, -0.1) is 0 Å². The highest BCUT2D eigenvalue weighted by Crippen LogP contribution is 2.14. The maximum atomic E-state index is 12.1. The summed E-state index contributed by atoms with van der Waals surface area (Å²) in [6.45, 7) is 1.94. The van der Waals surface area contributed by atoms with Crippen LogP contribution in [0.25, 0.3) is 0 Å². The zero-order valence-corrected chi connectivity index (χ0v) is 14.4. The lowest BCUT2D eigenvalue weighted by atomic mass is 10.2. The van der Waals surface area contributed by atoms with Crippen LogP contribution in [0.1, 0.15) is 11.1 Å². The lowest BCUT2D eigenvalue weighted by Gasteiger charge is -2.07. The molecule has 1 N–H and O–H groups in total. The topological polar surface area (TPSA) is 63.2 Å². The first-order valence-electron chi connectivity index (χ1n) is 6.65. The third-order valence-corrected chi connectivity index (χ3v) is 4.99. The fourth-order valence-corrected chi connectivity index (χ4v) is 3.46. The smallest absolute Gasteiger partial charge is 0.239 e. The predicted molar refractivity (Wildman–Crippen MR) is 91.4 cm³/mol. The molecule has 2 rings (SSSR count). The molecule has 0 aliphatic carbocycles. The van der Waals surface area contributed by atoms with Crippen molar-refractivity contribution in [2.24, 2.45) is 0 Å². The average Bonchev–Trinajstić information content (AvgIpc) is 2.43. The summed E-state index contributed by atoms with van der Waals surface area (Å²) in [5.41, 5.74) is 2.32. The first-order chi connectivity index (χ1) is 10.3. The fraction of sp³-hybridized carbons (Fsp3) is 0.188. The number of carbonyl (C=O) groups excluding carboxylic acids is 1. The SMILES string of the molecule is Cc1ccc(NC(=O)CS(=O)(=O)Cc2ccc(Br)cc2)cc1. The van der Waals surface area contributed by atoms with Gasteiger partial charge in [-0.2, -0.15) is 0 Å². The Morgan fingerprint density at radius 1 is 1.05 bits per heavy atom. The summed E-state index contributed by atoms with van der Waals surface area (Å²) in [7, 11) is -3.50. The molecule has 0 fully saturated rings. The number of hydrogen-bond donors (Lipinski definition) is 1. The van der Waals surface area contributed by atoms with Crippen LogP contribution in [0.15, 0.2) is 53.0 Å². The molecule has 0 spiro atoms. The van der Waals surface area contributed by atoms with Crippen LogP contribution >= 0.6 is 15.9 Å². The highest BCUT2D eigenvalue weighted by Gasteiger charge is 2.17. The van der Waals surface area contributed by atoms with Crippen molar-refractivity contribution >= 4 is 37.4 Å². The molecule has 6 heteroatoms. The van der Waals surface area contributed by atoms with Gasteiger partial charge in [0.1, 0.15) is 5.75 Å². The van der Waals surface area contributed by atoms with E-state index < -0.39 is 21.5 Å². The Morgan fingerprint density at radius 3 is 2.23 bits per heavy atom. The average molecular weight is 382 g/mol. The summed E-state index contributed by atoms with van der Waals surface area (Å²) in [5.74, 6) is -1.21. The summed E-state index contributed by atoms with van der Waals surface area (Å²) < 4.78 is 25.0. The Kier molecular flexibility index (Phi) is 5.37. The summed E-state index contributed by atoms with van der Waals surface area (Å²) in [4.78, 5) is 11.9. The number of anilines is 1. The van der Waals surface area contributed by atoms with Crippen LogP contribution in [-0.2, 0) is 20.4 Å². The van der Waals surface area contributed by atoms with Gasteiger partial charge in [-0.05, 0) is 36.8 Å². The van der Waals surface area contributed by atoms with Crippen molar-refractivity contribution in [3.63, 3.8) is 0 Å². The number of carbonyl (C=O) groups is 1. The minimum atomic E-state index is -3.50. The molecule has 22 heavy (non-hydrogen) atoms. The molecule has 0 heterocycles. The third kappa shape index (κ3) is 5.27. The number of sulfone groups is 1. The minimum absolute atomic E-state index is 0.151. The third-order valence-electron chi connectivity index (χ3n) is 2.99. The second kappa shape index (κ2) is 7.07. The molecule has 0 atom stereocenters. The minimum Gasteiger partial charge on any atom is -0.325 e. The van der Waals surface area contributed by atoms with Crippen LogP contribution in [0.4, 0.5) is 5.69 Å². The van der Waals surface area contributed by atoms with Crippen molar-refractivity contribution < 1.29 is 13.2 Å². The molecule has 0 saturated carbocycles. The van der Waals surface area contributed by atoms with Crippen LogP contribution < -0.4 is 5.32 Å². The Bertz CT molecular complexity index is 753. The van der Waals surface area contributed by atoms with Gasteiger partial charge in [0.2, 0.25) is 5.91 Å². The van der Waals surface area contributed by atoms with E-state index in [2.05, 4.69) is 21.2 Å². The molecule has 0 saturated heterocycles. The van der Waals surface area contributed by atoms with Gasteiger partial charge in [0.05, 0.1) is 5.75 Å². The van der Waals surface area contributed by atoms with E-state index >= 15 is 0 Å². The zero-order chi connectivity index (χ0) is 16.2. The van der Waals surface area contributed by atoms with Crippen LogP contribution in [0.3, 0.4) is 0 Å². The van der Waals surface area contributed by atoms with Crippen molar-refractivity contribution in [1.82, 2.24) is 0 Å². The van der Waals surface area contributed by atoms with Crippen molar-refractivity contribution in [2.45, 2.75) is 12.7 Å². The monoisotopic (exact) mass is 381 g/mol. The number of amides is 1. The van der Waals surface area contributed by atoms with E-state index in [-0.39, 0.29) is 5.75 Å². The van der Waals surface area contributed by atoms with E-state index in [0.29, 0.717) is 11.3 Å². The number of benzene rings is 2. The first kappa shape index (κ1) is 16.7. The standard InChI is InChI=1S/C16H16BrNO3S/c1-12-2-8-15(9-3-12)18-16(19)11-22(20,21)10-13-4-6-14(17)7-5-13/h2-9H,10-11H2,1H3,(H,18,19). The highest BCUT2D eigenvalue weighted by atomic mass is 79.9. The van der Waals surface area contributed by atoms with E-state index in [0.717, 1.165) is 10.0 Å². The molecule has 0 aliphatic heterocycles. The van der Waals surface area contributed by atoms with E-state index in [1.54, 1.807) is 36.4 Å². The summed E-state index contributed by atoms with van der Waals surface area (Å²) >= 11 is 3.29. The molecule has 0 aliphatic rings. The second-order valence-electron chi connectivity index (χ2n) is 5.07. The number of halogens is 1. The van der Waals surface area contributed by atoms with E-state index in [4.69, 9.17) is 0 Å². The molecular weight excluding hydrogens is 366 g/mol. The van der Waals surface area contributed by atoms with Gasteiger partial charge in [-0.3, -0.25) is 4.79 Å². The quantitative estimate of drug-likeness (QED) is 0.863. The van der Waals surface area contributed by atoms with Gasteiger partial charge in [0, 0.05) is 10.2 Å². The number of nitrogens with one attached hydrogen (secondary N) is 1. The number of aryl methyl sites for hydroxylation is 1. The lowest BCUT2D eigenvalue weighted by molar-refractivity contribution is -0.113. The molecule has 0 aromatic heterocycles. The van der Waals surface area contributed by atoms with Gasteiger partial charge < -0.3 is 5.32 Å². The van der Waals surface area contributed by atoms with E-state index in [9.17, 15) is 13.2 Å². The van der Waals surface area contributed by atoms with Gasteiger partial charge in [0.25, 0.3) is 0 Å². The largest absolute Gasteiger partial charge is 0.325 e. The molecule has 2 aromatic carbocycles. The van der Waals surface area contributed by atoms with Crippen molar-refractivity contribution in [1.29, 1.82) is 0 Å². The fourth-order valence-electron chi connectivity index (χ4n) is 1.92. The van der Waals surface area contributed by atoms with Gasteiger partial charge in [-0.25, -0.2) is 8.42 Å². The zero-order valence-electron chi connectivity index (χ0n) is 12.0. The Balaban J connectivity index is 1.97. The van der Waals surface area contributed by atoms with Crippen molar-refractivity contribution in [2.75, 3.05) is 11.1 Å². The molecular formula is C16H16BrNO3S. The maximum absolute atomic E-state index is 12.1. The lowest BCUT2D eigenvalue weighted by Crippen LogP contribution is -2.23. The molecule has 0 radical (unpaired) electrons. The summed E-state index contributed by atoms with van der Waals surface area (Å²) in [6.07, 6.45) is 0. The molecule has 2 aromatic rings. The Labute approximate surface area is 138 Å². The number of hydrogen-bond acceptors (Lipinski definition) is 3. The van der Waals surface area contributed by atoms with E-state index in [1.807, 2.05) is 19.1 Å². The summed E-state index contributed by atoms with van der Waals surface area (Å²) in [5, 5.41) is 2.59. The number of rotatable bonds is 5. The Hall–Kier alpha value is -1.66. The van der Waals surface area contributed by atoms with Crippen LogP contribution in [-0.4, -0.2) is 20.1 Å². The predicted octanol–water partition coefficient (Wildman–Crippen LogP) is 3.31. The molecule has 1 amide bonds. The molecule has 0 bridgehead atoms. The maximum Gasteiger partial charge on any atom is 0.239 e. The molecule has 116 valence electrons.